The lowest BCUT2D eigenvalue weighted by molar-refractivity contribution is -0.144. The van der Waals surface area contributed by atoms with Gasteiger partial charge < -0.3 is 14.8 Å². The number of hydrogen-bond donors (Lipinski definition) is 2. The van der Waals surface area contributed by atoms with Gasteiger partial charge in [0.05, 0.1) is 7.11 Å². The molecule has 126 valence electrons. The Kier molecular flexibility index (Phi) is 6.62. The van der Waals surface area contributed by atoms with Crippen LogP contribution in [0.25, 0.3) is 0 Å². The molecule has 1 amide bonds. The van der Waals surface area contributed by atoms with Crippen molar-refractivity contribution in [2.45, 2.75) is 32.4 Å². The second kappa shape index (κ2) is 8.01. The minimum absolute atomic E-state index is 0.0651. The fourth-order valence-electron chi connectivity index (χ4n) is 2.13. The number of esters is 1. The number of amides is 1. The first-order valence-electron chi connectivity index (χ1n) is 7.08. The van der Waals surface area contributed by atoms with Gasteiger partial charge in [0.25, 0.3) is 5.91 Å². The SMILES string of the molecule is CC=CC(=CC)C1(C)OC(C(=O)NC(CS)C(=O)OC)=CC1=O. The third-order valence-electron chi connectivity index (χ3n) is 3.45. The zero-order valence-electron chi connectivity index (χ0n) is 13.6. The number of nitrogens with one attached hydrogen (secondary N) is 1. The Morgan fingerprint density at radius 3 is 2.61 bits per heavy atom. The quantitative estimate of drug-likeness (QED) is 0.434. The van der Waals surface area contributed by atoms with Gasteiger partial charge in [-0.05, 0) is 26.3 Å². The normalized spacial score (nSPS) is 22.6. The number of thiol groups is 1. The Morgan fingerprint density at radius 1 is 1.48 bits per heavy atom. The van der Waals surface area contributed by atoms with Crippen molar-refractivity contribution in [2.75, 3.05) is 12.9 Å². The number of ketones is 1. The van der Waals surface area contributed by atoms with Gasteiger partial charge >= 0.3 is 5.97 Å². The first kappa shape index (κ1) is 19.0. The third-order valence-corrected chi connectivity index (χ3v) is 3.82. The van der Waals surface area contributed by atoms with E-state index in [1.54, 1.807) is 32.1 Å². The molecule has 2 unspecified atom stereocenters. The molecule has 0 fully saturated rings. The van der Waals surface area contributed by atoms with Crippen LogP contribution in [0.1, 0.15) is 20.8 Å². The molecule has 2 atom stereocenters. The molecule has 0 saturated heterocycles. The highest BCUT2D eigenvalue weighted by molar-refractivity contribution is 7.80. The zero-order valence-corrected chi connectivity index (χ0v) is 14.5. The topological polar surface area (TPSA) is 81.7 Å². The summed E-state index contributed by atoms with van der Waals surface area (Å²) in [6.07, 6.45) is 6.41. The van der Waals surface area contributed by atoms with Gasteiger partial charge in [-0.2, -0.15) is 12.6 Å². The van der Waals surface area contributed by atoms with E-state index in [9.17, 15) is 14.4 Å². The van der Waals surface area contributed by atoms with E-state index in [1.165, 1.54) is 7.11 Å². The van der Waals surface area contributed by atoms with Crippen molar-refractivity contribution in [3.05, 3.63) is 35.6 Å². The highest BCUT2D eigenvalue weighted by Crippen LogP contribution is 2.32. The number of rotatable bonds is 6. The van der Waals surface area contributed by atoms with Crippen LogP contribution < -0.4 is 5.32 Å². The number of ether oxygens (including phenoxy) is 2. The van der Waals surface area contributed by atoms with E-state index in [-0.39, 0.29) is 17.3 Å². The first-order valence-corrected chi connectivity index (χ1v) is 7.71. The average molecular weight is 339 g/mol. The summed E-state index contributed by atoms with van der Waals surface area (Å²) in [7, 11) is 1.21. The smallest absolute Gasteiger partial charge is 0.329 e. The zero-order chi connectivity index (χ0) is 17.6. The van der Waals surface area contributed by atoms with Crippen LogP contribution in [0, 0.1) is 0 Å². The van der Waals surface area contributed by atoms with Crippen LogP contribution in [-0.2, 0) is 23.9 Å². The van der Waals surface area contributed by atoms with Crippen molar-refractivity contribution in [1.29, 1.82) is 0 Å². The average Bonchev–Trinajstić information content (AvgIpc) is 2.85. The predicted octanol–water partition coefficient (Wildman–Crippen LogP) is 1.34. The Hall–Kier alpha value is -2.02. The molecule has 6 nitrogen and oxygen atoms in total. The second-order valence-corrected chi connectivity index (χ2v) is 5.35. The summed E-state index contributed by atoms with van der Waals surface area (Å²) in [5.74, 6) is -1.70. The predicted molar refractivity (Wildman–Crippen MR) is 89.0 cm³/mol. The lowest BCUT2D eigenvalue weighted by atomic mass is 9.91. The Bertz CT molecular complexity index is 593. The van der Waals surface area contributed by atoms with Crippen LogP contribution in [0.4, 0.5) is 0 Å². The Labute approximate surface area is 141 Å². The van der Waals surface area contributed by atoms with Gasteiger partial charge in [0, 0.05) is 11.8 Å². The second-order valence-electron chi connectivity index (χ2n) is 4.98. The van der Waals surface area contributed by atoms with E-state index >= 15 is 0 Å². The molecule has 0 saturated carbocycles. The van der Waals surface area contributed by atoms with Crippen LogP contribution in [0.15, 0.2) is 35.6 Å². The number of carbonyl (C=O) groups excluding carboxylic acids is 3. The maximum atomic E-state index is 12.3. The van der Waals surface area contributed by atoms with Crippen molar-refractivity contribution in [3.8, 4) is 0 Å². The molecule has 23 heavy (non-hydrogen) atoms. The summed E-state index contributed by atoms with van der Waals surface area (Å²) < 4.78 is 10.2. The lowest BCUT2D eigenvalue weighted by Gasteiger charge is -2.25. The van der Waals surface area contributed by atoms with Gasteiger partial charge in [-0.15, -0.1) is 0 Å². The van der Waals surface area contributed by atoms with E-state index in [2.05, 4.69) is 22.7 Å². The van der Waals surface area contributed by atoms with Gasteiger partial charge in [-0.1, -0.05) is 18.2 Å². The van der Waals surface area contributed by atoms with Crippen LogP contribution in [-0.4, -0.2) is 42.2 Å². The molecule has 0 aliphatic carbocycles. The molecule has 0 bridgehead atoms. The highest BCUT2D eigenvalue weighted by Gasteiger charge is 2.44. The van der Waals surface area contributed by atoms with Crippen molar-refractivity contribution < 1.29 is 23.9 Å². The fraction of sp³-hybridized carbons (Fsp3) is 0.438. The number of carbonyl (C=O) groups is 3. The van der Waals surface area contributed by atoms with Crippen molar-refractivity contribution in [2.24, 2.45) is 0 Å². The van der Waals surface area contributed by atoms with Crippen LogP contribution >= 0.6 is 12.6 Å². The summed E-state index contributed by atoms with van der Waals surface area (Å²) in [6.45, 7) is 5.20. The standard InChI is InChI=1S/C16H21NO5S/c1-5-7-10(6-2)16(3)13(18)8-12(22-16)14(19)17-11(9-23)15(20)21-4/h5-8,11,23H,9H2,1-4H3,(H,17,19). The van der Waals surface area contributed by atoms with Gasteiger partial charge in [-0.3, -0.25) is 9.59 Å². The molecule has 7 heteroatoms. The minimum Gasteiger partial charge on any atom is -0.469 e. The molecule has 0 aromatic heterocycles. The lowest BCUT2D eigenvalue weighted by Crippen LogP contribution is -2.44. The molecule has 0 aromatic rings. The highest BCUT2D eigenvalue weighted by atomic mass is 32.1. The molecule has 1 heterocycles. The van der Waals surface area contributed by atoms with Gasteiger partial charge in [0.2, 0.25) is 5.78 Å². The first-order chi connectivity index (χ1) is 10.8. The van der Waals surface area contributed by atoms with E-state index < -0.39 is 23.5 Å². The van der Waals surface area contributed by atoms with Crippen LogP contribution in [0.2, 0.25) is 0 Å². The summed E-state index contributed by atoms with van der Waals surface area (Å²) >= 11 is 3.99. The maximum Gasteiger partial charge on any atom is 0.329 e. The van der Waals surface area contributed by atoms with Crippen LogP contribution in [0.3, 0.4) is 0 Å². The monoisotopic (exact) mass is 339 g/mol. The van der Waals surface area contributed by atoms with Gasteiger partial charge in [0.15, 0.2) is 11.4 Å². The summed E-state index contributed by atoms with van der Waals surface area (Å²) in [5.41, 5.74) is -0.613. The molecule has 0 spiro atoms. The molecule has 0 radical (unpaired) electrons. The summed E-state index contributed by atoms with van der Waals surface area (Å²) in [4.78, 5) is 36.0. The number of methoxy groups -OCH3 is 1. The molecule has 1 rings (SSSR count). The number of hydrogen-bond acceptors (Lipinski definition) is 6. The largest absolute Gasteiger partial charge is 0.469 e. The summed E-state index contributed by atoms with van der Waals surface area (Å²) in [6, 6.07) is -0.918. The molecular formula is C16H21NO5S. The van der Waals surface area contributed by atoms with E-state index in [1.807, 2.05) is 6.92 Å². The van der Waals surface area contributed by atoms with E-state index in [4.69, 9.17) is 4.74 Å². The molecule has 0 aromatic carbocycles. The Morgan fingerprint density at radius 2 is 2.13 bits per heavy atom. The Balaban J connectivity index is 2.93. The van der Waals surface area contributed by atoms with E-state index in [0.717, 1.165) is 6.08 Å². The van der Waals surface area contributed by atoms with Crippen molar-refractivity contribution in [3.63, 3.8) is 0 Å². The molecule has 1 aliphatic heterocycles. The molecular weight excluding hydrogens is 318 g/mol. The number of allylic oxidation sites excluding steroid dienone is 2. The molecule has 1 N–H and O–H groups in total. The van der Waals surface area contributed by atoms with Crippen LogP contribution in [0.5, 0.6) is 0 Å². The van der Waals surface area contributed by atoms with E-state index in [0.29, 0.717) is 5.57 Å². The van der Waals surface area contributed by atoms with Crippen molar-refractivity contribution in [1.82, 2.24) is 5.32 Å². The van der Waals surface area contributed by atoms with Crippen molar-refractivity contribution >= 4 is 30.3 Å². The molecule has 1 aliphatic rings. The van der Waals surface area contributed by atoms with Gasteiger partial charge in [-0.25, -0.2) is 4.79 Å². The maximum absolute atomic E-state index is 12.3. The van der Waals surface area contributed by atoms with Gasteiger partial charge in [0.1, 0.15) is 6.04 Å². The minimum atomic E-state index is -1.25. The third kappa shape index (κ3) is 4.04. The summed E-state index contributed by atoms with van der Waals surface area (Å²) in [5, 5.41) is 2.43. The fourth-order valence-corrected chi connectivity index (χ4v) is 2.37.